The van der Waals surface area contributed by atoms with Crippen LogP contribution < -0.4 is 0 Å². The third-order valence-electron chi connectivity index (χ3n) is 1.31. The molecule has 0 spiro atoms. The molecule has 0 unspecified atom stereocenters. The van der Waals surface area contributed by atoms with E-state index in [1.807, 2.05) is 36.4 Å². The molecule has 0 radical (unpaired) electrons. The van der Waals surface area contributed by atoms with Gasteiger partial charge in [-0.15, -0.1) is 11.6 Å². The zero-order valence-electron chi connectivity index (χ0n) is 5.93. The lowest BCUT2D eigenvalue weighted by molar-refractivity contribution is 1.64. The van der Waals surface area contributed by atoms with E-state index in [9.17, 15) is 0 Å². The molecule has 1 aromatic rings. The Balaban J connectivity index is 2.85. The Labute approximate surface area is 80.0 Å². The van der Waals surface area contributed by atoms with Crippen molar-refractivity contribution in [3.05, 3.63) is 42.0 Å². The zero-order valence-corrected chi connectivity index (χ0v) is 8.27. The van der Waals surface area contributed by atoms with Crippen molar-refractivity contribution < 1.29 is 0 Å². The molecule has 0 N–H and O–H groups in total. The molecule has 0 aromatic heterocycles. The first kappa shape index (κ1) is 8.82. The van der Waals surface area contributed by atoms with Gasteiger partial charge in [0.25, 0.3) is 0 Å². The van der Waals surface area contributed by atoms with Crippen molar-refractivity contribution in [2.45, 2.75) is 0 Å². The summed E-state index contributed by atoms with van der Waals surface area (Å²) in [5, 5.41) is 0. The van der Waals surface area contributed by atoms with Crippen LogP contribution in [0.4, 0.5) is 0 Å². The fraction of sp³-hybridized carbons (Fsp3) is 0.111. The Morgan fingerprint density at radius 3 is 2.55 bits per heavy atom. The molecule has 0 fully saturated rings. The van der Waals surface area contributed by atoms with Crippen LogP contribution in [0.15, 0.2) is 36.4 Å². The van der Waals surface area contributed by atoms with Crippen molar-refractivity contribution in [1.29, 1.82) is 0 Å². The van der Waals surface area contributed by atoms with Gasteiger partial charge in [0, 0.05) is 10.4 Å². The van der Waals surface area contributed by atoms with Gasteiger partial charge in [-0.3, -0.25) is 0 Å². The molecule has 0 bridgehead atoms. The van der Waals surface area contributed by atoms with Gasteiger partial charge < -0.3 is 0 Å². The Morgan fingerprint density at radius 1 is 1.36 bits per heavy atom. The topological polar surface area (TPSA) is 0 Å². The Hall–Kier alpha value is -0.270. The van der Waals surface area contributed by atoms with E-state index in [1.54, 1.807) is 0 Å². The van der Waals surface area contributed by atoms with E-state index >= 15 is 0 Å². The van der Waals surface area contributed by atoms with Crippen LogP contribution in [0.2, 0.25) is 0 Å². The highest BCUT2D eigenvalue weighted by molar-refractivity contribution is 9.15. The summed E-state index contributed by atoms with van der Waals surface area (Å²) >= 11 is 8.96. The summed E-state index contributed by atoms with van der Waals surface area (Å²) in [5.41, 5.74) is 1.16. The van der Waals surface area contributed by atoms with Crippen LogP contribution in [0.1, 0.15) is 5.56 Å². The molecule has 0 amide bonds. The molecule has 11 heavy (non-hydrogen) atoms. The highest BCUT2D eigenvalue weighted by Gasteiger charge is 1.92. The first-order valence-electron chi connectivity index (χ1n) is 3.31. The van der Waals surface area contributed by atoms with Crippen molar-refractivity contribution in [3.63, 3.8) is 0 Å². The average molecular weight is 232 g/mol. The van der Waals surface area contributed by atoms with Gasteiger partial charge in [-0.25, -0.2) is 0 Å². The van der Waals surface area contributed by atoms with Crippen molar-refractivity contribution in [2.24, 2.45) is 0 Å². The van der Waals surface area contributed by atoms with Gasteiger partial charge >= 0.3 is 0 Å². The van der Waals surface area contributed by atoms with Crippen LogP contribution in [0.3, 0.4) is 0 Å². The Kier molecular flexibility index (Phi) is 3.67. The van der Waals surface area contributed by atoms with E-state index in [0.29, 0.717) is 5.88 Å². The minimum atomic E-state index is 0.537. The summed E-state index contributed by atoms with van der Waals surface area (Å²) in [6.45, 7) is 0. The van der Waals surface area contributed by atoms with Crippen LogP contribution in [-0.2, 0) is 0 Å². The van der Waals surface area contributed by atoms with Gasteiger partial charge in [-0.05, 0) is 5.56 Å². The molecular formula is C9H8BrCl. The van der Waals surface area contributed by atoms with Crippen molar-refractivity contribution in [2.75, 3.05) is 5.88 Å². The zero-order chi connectivity index (χ0) is 8.10. The lowest BCUT2D eigenvalue weighted by atomic mass is 10.2. The number of benzene rings is 1. The highest BCUT2D eigenvalue weighted by Crippen LogP contribution is 2.20. The number of hydrogen-bond donors (Lipinski definition) is 0. The van der Waals surface area contributed by atoms with Crippen LogP contribution >= 0.6 is 27.5 Å². The average Bonchev–Trinajstić information content (AvgIpc) is 2.07. The summed E-state index contributed by atoms with van der Waals surface area (Å²) in [7, 11) is 0. The third kappa shape index (κ3) is 2.68. The standard InChI is InChI=1S/C9H8BrCl/c10-9(6-7-11)8-4-2-1-3-5-8/h1-6H,7H2/b9-6-. The molecule has 58 valence electrons. The summed E-state index contributed by atoms with van der Waals surface area (Å²) < 4.78 is 1.05. The molecule has 0 saturated heterocycles. The van der Waals surface area contributed by atoms with E-state index in [1.165, 1.54) is 0 Å². The van der Waals surface area contributed by atoms with Crippen molar-refractivity contribution >= 4 is 32.0 Å². The van der Waals surface area contributed by atoms with E-state index in [-0.39, 0.29) is 0 Å². The quantitative estimate of drug-likeness (QED) is 0.682. The number of hydrogen-bond acceptors (Lipinski definition) is 0. The molecule has 1 aromatic carbocycles. The number of alkyl halides is 1. The molecule has 0 nitrogen and oxygen atoms in total. The van der Waals surface area contributed by atoms with Crippen LogP contribution in [0.5, 0.6) is 0 Å². The minimum Gasteiger partial charge on any atom is -0.122 e. The first-order chi connectivity index (χ1) is 5.34. The molecule has 0 heterocycles. The number of allylic oxidation sites excluding steroid dienone is 1. The monoisotopic (exact) mass is 230 g/mol. The summed E-state index contributed by atoms with van der Waals surface area (Å²) in [6.07, 6.45) is 1.93. The third-order valence-corrected chi connectivity index (χ3v) is 2.24. The molecule has 0 aliphatic carbocycles. The number of halogens is 2. The predicted octanol–water partition coefficient (Wildman–Crippen LogP) is 3.66. The van der Waals surface area contributed by atoms with Gasteiger partial charge in [0.1, 0.15) is 0 Å². The van der Waals surface area contributed by atoms with Gasteiger partial charge in [0.05, 0.1) is 0 Å². The second-order valence-corrected chi connectivity index (χ2v) is 3.24. The predicted molar refractivity (Wildman–Crippen MR) is 54.1 cm³/mol. The van der Waals surface area contributed by atoms with Gasteiger partial charge in [0.15, 0.2) is 0 Å². The molecule has 0 atom stereocenters. The Bertz CT molecular complexity index is 241. The maximum atomic E-state index is 5.54. The number of rotatable bonds is 2. The summed E-state index contributed by atoms with van der Waals surface area (Å²) in [5.74, 6) is 0.537. The van der Waals surface area contributed by atoms with Crippen LogP contribution in [-0.4, -0.2) is 5.88 Å². The molecule has 0 aliphatic rings. The van der Waals surface area contributed by atoms with Crippen molar-refractivity contribution in [3.8, 4) is 0 Å². The van der Waals surface area contributed by atoms with E-state index in [4.69, 9.17) is 11.6 Å². The molecule has 2 heteroatoms. The molecule has 1 rings (SSSR count). The second kappa shape index (κ2) is 4.58. The van der Waals surface area contributed by atoms with Crippen molar-refractivity contribution in [1.82, 2.24) is 0 Å². The molecule has 0 saturated carbocycles. The first-order valence-corrected chi connectivity index (χ1v) is 4.64. The summed E-state index contributed by atoms with van der Waals surface area (Å²) in [4.78, 5) is 0. The lowest BCUT2D eigenvalue weighted by Gasteiger charge is -1.96. The lowest BCUT2D eigenvalue weighted by Crippen LogP contribution is -1.74. The smallest absolute Gasteiger partial charge is 0.0418 e. The Morgan fingerprint density at radius 2 is 2.00 bits per heavy atom. The fourth-order valence-electron chi connectivity index (χ4n) is 0.783. The maximum absolute atomic E-state index is 5.54. The minimum absolute atomic E-state index is 0.537. The maximum Gasteiger partial charge on any atom is 0.0418 e. The fourth-order valence-corrected chi connectivity index (χ4v) is 1.55. The molecule has 0 aliphatic heterocycles. The van der Waals surface area contributed by atoms with Gasteiger partial charge in [-0.1, -0.05) is 52.3 Å². The van der Waals surface area contributed by atoms with E-state index in [2.05, 4.69) is 15.9 Å². The van der Waals surface area contributed by atoms with Crippen LogP contribution in [0.25, 0.3) is 4.48 Å². The molecular weight excluding hydrogens is 223 g/mol. The second-order valence-electron chi connectivity index (χ2n) is 2.07. The van der Waals surface area contributed by atoms with Crippen LogP contribution in [0, 0.1) is 0 Å². The van der Waals surface area contributed by atoms with E-state index < -0.39 is 0 Å². The normalized spacial score (nSPS) is 11.6. The van der Waals surface area contributed by atoms with Gasteiger partial charge in [0.2, 0.25) is 0 Å². The summed E-state index contributed by atoms with van der Waals surface area (Å²) in [6, 6.07) is 10.1. The largest absolute Gasteiger partial charge is 0.122 e. The highest BCUT2D eigenvalue weighted by atomic mass is 79.9. The van der Waals surface area contributed by atoms with E-state index in [0.717, 1.165) is 10.0 Å². The van der Waals surface area contributed by atoms with Gasteiger partial charge in [-0.2, -0.15) is 0 Å². The SMILES string of the molecule is ClC/C=C(\Br)c1ccccc1.